The minimum Gasteiger partial charge on any atom is -0.497 e. The number of aliphatic carboxylic acids is 1. The second kappa shape index (κ2) is 12.0. The van der Waals surface area contributed by atoms with Gasteiger partial charge in [0.2, 0.25) is 0 Å². The first-order valence-electron chi connectivity index (χ1n) is 10.6. The zero-order chi connectivity index (χ0) is 28.0. The molecule has 3 rings (SSSR count). The number of carbonyl (C=O) groups is 2. The van der Waals surface area contributed by atoms with Crippen molar-refractivity contribution in [3.63, 3.8) is 0 Å². The molecule has 37 heavy (non-hydrogen) atoms. The fraction of sp³-hybridized carbons (Fsp3) is 0.364. The number of methoxy groups -OCH3 is 2. The molecule has 0 radical (unpaired) electrons. The second-order valence-electron chi connectivity index (χ2n) is 7.75. The summed E-state index contributed by atoms with van der Waals surface area (Å²) in [6.07, 6.45) is -5.08. The monoisotopic (exact) mass is 549 g/mol. The smallest absolute Gasteiger partial charge is 0.490 e. The van der Waals surface area contributed by atoms with Gasteiger partial charge in [-0.2, -0.15) is 13.2 Å². The number of nitrogens with zero attached hydrogens (tertiary/aromatic N) is 2. The molecule has 1 saturated heterocycles. The maximum atomic E-state index is 13.0. The number of piperazine rings is 1. The van der Waals surface area contributed by atoms with Gasteiger partial charge in [-0.3, -0.25) is 4.72 Å². The average Bonchev–Trinajstić information content (AvgIpc) is 2.83. The average molecular weight is 550 g/mol. The van der Waals surface area contributed by atoms with Gasteiger partial charge in [-0.15, -0.1) is 0 Å². The van der Waals surface area contributed by atoms with Crippen molar-refractivity contribution in [2.45, 2.75) is 11.1 Å². The van der Waals surface area contributed by atoms with Gasteiger partial charge in [0.1, 0.15) is 16.4 Å². The summed E-state index contributed by atoms with van der Waals surface area (Å²) < 4.78 is 70.3. The molecule has 2 aromatic rings. The van der Waals surface area contributed by atoms with Gasteiger partial charge in [-0.25, -0.2) is 18.0 Å². The normalized spacial score (nSPS) is 14.3. The van der Waals surface area contributed by atoms with Crippen LogP contribution in [0.4, 0.5) is 24.5 Å². The predicted octanol–water partition coefficient (Wildman–Crippen LogP) is 2.59. The molecule has 1 aliphatic rings. The van der Waals surface area contributed by atoms with Crippen LogP contribution in [0.25, 0.3) is 0 Å². The van der Waals surface area contributed by atoms with Gasteiger partial charge >= 0.3 is 18.1 Å². The highest BCUT2D eigenvalue weighted by molar-refractivity contribution is 7.92. The maximum Gasteiger partial charge on any atom is 0.490 e. The molecular formula is C22H26F3N3O8S. The first kappa shape index (κ1) is 29.5. The molecular weight excluding hydrogens is 523 g/mol. The molecule has 0 spiro atoms. The van der Waals surface area contributed by atoms with Gasteiger partial charge in [-0.05, 0) is 37.4 Å². The number of hydrogen-bond donors (Lipinski definition) is 3. The number of ether oxygens (including phenoxy) is 2. The largest absolute Gasteiger partial charge is 0.497 e. The van der Waals surface area contributed by atoms with E-state index in [0.717, 1.165) is 31.9 Å². The lowest BCUT2D eigenvalue weighted by Crippen LogP contribution is -2.44. The minimum absolute atomic E-state index is 0.0229. The third-order valence-electron chi connectivity index (χ3n) is 5.25. The number of alkyl halides is 3. The molecule has 1 aliphatic heterocycles. The van der Waals surface area contributed by atoms with Gasteiger partial charge in [0.15, 0.2) is 0 Å². The third kappa shape index (κ3) is 7.88. The Hall–Kier alpha value is -3.72. The molecule has 0 unspecified atom stereocenters. The van der Waals surface area contributed by atoms with Crippen LogP contribution in [0.3, 0.4) is 0 Å². The van der Waals surface area contributed by atoms with Crippen molar-refractivity contribution >= 4 is 33.3 Å². The van der Waals surface area contributed by atoms with Crippen molar-refractivity contribution in [3.8, 4) is 11.5 Å². The summed E-state index contributed by atoms with van der Waals surface area (Å²) in [5.41, 5.74) is 0.588. The van der Waals surface area contributed by atoms with E-state index in [4.69, 9.17) is 19.4 Å². The molecule has 0 aromatic heterocycles. The SMILES string of the molecule is COc1ccc(OC)c(S(=O)(=O)Nc2ccc(N3CCN(C)CC3)cc2C(=O)O)c1.O=C(O)C(F)(F)F. The summed E-state index contributed by atoms with van der Waals surface area (Å²) in [5, 5.41) is 16.8. The lowest BCUT2D eigenvalue weighted by Gasteiger charge is -2.34. The Morgan fingerprint density at radius 1 is 0.973 bits per heavy atom. The number of rotatable bonds is 7. The number of benzene rings is 2. The quantitative estimate of drug-likeness (QED) is 0.471. The number of hydrogen-bond acceptors (Lipinski definition) is 8. The highest BCUT2D eigenvalue weighted by Gasteiger charge is 2.38. The van der Waals surface area contributed by atoms with E-state index in [2.05, 4.69) is 14.5 Å². The van der Waals surface area contributed by atoms with Crippen molar-refractivity contribution in [2.24, 2.45) is 0 Å². The van der Waals surface area contributed by atoms with Gasteiger partial charge in [0.25, 0.3) is 10.0 Å². The van der Waals surface area contributed by atoms with Crippen LogP contribution >= 0.6 is 0 Å². The number of nitrogens with one attached hydrogen (secondary N) is 1. The fourth-order valence-corrected chi connectivity index (χ4v) is 4.52. The highest BCUT2D eigenvalue weighted by atomic mass is 32.2. The number of anilines is 2. The number of likely N-dealkylation sites (N-methyl/N-ethyl adjacent to an activating group) is 1. The highest BCUT2D eigenvalue weighted by Crippen LogP contribution is 2.31. The topological polar surface area (TPSA) is 146 Å². The van der Waals surface area contributed by atoms with Crippen LogP contribution in [-0.2, 0) is 14.8 Å². The zero-order valence-corrected chi connectivity index (χ0v) is 20.9. The standard InChI is InChI=1S/C20H25N3O6S.C2HF3O2/c1-22-8-10-23(11-9-22)14-4-6-17(16(12-14)20(24)25)21-30(26,27)19-13-15(28-2)5-7-18(19)29-3;3-2(4,5)1(6)7/h4-7,12-13,21H,8-11H2,1-3H3,(H,24,25);(H,6,7). The van der Waals surface area contributed by atoms with E-state index >= 15 is 0 Å². The summed E-state index contributed by atoms with van der Waals surface area (Å²) >= 11 is 0. The number of carboxylic acid groups (broad SMARTS) is 2. The fourth-order valence-electron chi connectivity index (χ4n) is 3.25. The van der Waals surface area contributed by atoms with Crippen LogP contribution in [0.15, 0.2) is 41.3 Å². The third-order valence-corrected chi connectivity index (χ3v) is 6.64. The second-order valence-corrected chi connectivity index (χ2v) is 9.40. The van der Waals surface area contributed by atoms with E-state index in [-0.39, 0.29) is 21.9 Å². The van der Waals surface area contributed by atoms with Crippen molar-refractivity contribution in [1.29, 1.82) is 0 Å². The first-order valence-corrected chi connectivity index (χ1v) is 12.0. The first-order chi connectivity index (χ1) is 17.2. The Bertz CT molecular complexity index is 1230. The van der Waals surface area contributed by atoms with Gasteiger partial charge in [-0.1, -0.05) is 0 Å². The molecule has 204 valence electrons. The van der Waals surface area contributed by atoms with Crippen molar-refractivity contribution in [1.82, 2.24) is 4.90 Å². The van der Waals surface area contributed by atoms with Crippen LogP contribution in [0.5, 0.6) is 11.5 Å². The molecule has 0 amide bonds. The Morgan fingerprint density at radius 3 is 2.05 bits per heavy atom. The summed E-state index contributed by atoms with van der Waals surface area (Å²) in [6.45, 7) is 3.27. The molecule has 0 aliphatic carbocycles. The Kier molecular flexibility index (Phi) is 9.58. The van der Waals surface area contributed by atoms with E-state index in [1.807, 2.05) is 7.05 Å². The van der Waals surface area contributed by atoms with E-state index in [9.17, 15) is 31.5 Å². The van der Waals surface area contributed by atoms with Crippen molar-refractivity contribution in [3.05, 3.63) is 42.0 Å². The van der Waals surface area contributed by atoms with Crippen molar-refractivity contribution in [2.75, 3.05) is 57.1 Å². The summed E-state index contributed by atoms with van der Waals surface area (Å²) in [4.78, 5) is 24.9. The van der Waals surface area contributed by atoms with Crippen LogP contribution in [0, 0.1) is 0 Å². The predicted molar refractivity (Wildman–Crippen MR) is 127 cm³/mol. The molecule has 0 saturated carbocycles. The van der Waals surface area contributed by atoms with Crippen LogP contribution in [0.2, 0.25) is 0 Å². The van der Waals surface area contributed by atoms with Gasteiger partial charge in [0, 0.05) is 37.9 Å². The number of sulfonamides is 1. The van der Waals surface area contributed by atoms with Gasteiger partial charge in [0.05, 0.1) is 25.5 Å². The van der Waals surface area contributed by atoms with E-state index < -0.39 is 28.1 Å². The molecule has 1 fully saturated rings. The summed E-state index contributed by atoms with van der Waals surface area (Å²) in [5.74, 6) is -3.52. The molecule has 0 bridgehead atoms. The number of halogens is 3. The van der Waals surface area contributed by atoms with Crippen LogP contribution < -0.4 is 19.1 Å². The lowest BCUT2D eigenvalue weighted by molar-refractivity contribution is -0.192. The van der Waals surface area contributed by atoms with E-state index in [1.54, 1.807) is 12.1 Å². The minimum atomic E-state index is -5.08. The number of aromatic carboxylic acids is 1. The summed E-state index contributed by atoms with van der Waals surface area (Å²) in [6, 6.07) is 9.06. The molecule has 3 N–H and O–H groups in total. The van der Waals surface area contributed by atoms with E-state index in [0.29, 0.717) is 5.75 Å². The van der Waals surface area contributed by atoms with E-state index in [1.165, 1.54) is 38.5 Å². The van der Waals surface area contributed by atoms with Crippen LogP contribution in [0.1, 0.15) is 10.4 Å². The maximum absolute atomic E-state index is 13.0. The number of carboxylic acids is 2. The Balaban J connectivity index is 0.000000604. The zero-order valence-electron chi connectivity index (χ0n) is 20.1. The summed E-state index contributed by atoms with van der Waals surface area (Å²) in [7, 11) is 0.682. The van der Waals surface area contributed by atoms with Gasteiger partial charge < -0.3 is 29.5 Å². The Labute approximate surface area is 211 Å². The van der Waals surface area contributed by atoms with Crippen LogP contribution in [-0.4, -0.2) is 89.1 Å². The Morgan fingerprint density at radius 2 is 1.57 bits per heavy atom. The lowest BCUT2D eigenvalue weighted by atomic mass is 10.1. The molecule has 1 heterocycles. The molecule has 2 aromatic carbocycles. The molecule has 0 atom stereocenters. The van der Waals surface area contributed by atoms with Crippen molar-refractivity contribution < 1.29 is 50.9 Å². The molecule has 11 nitrogen and oxygen atoms in total. The molecule has 15 heteroatoms.